The number of aliphatic hydroxyl groups is 1. The number of amides is 1. The van der Waals surface area contributed by atoms with Crippen LogP contribution in [0.5, 0.6) is 0 Å². The van der Waals surface area contributed by atoms with E-state index >= 15 is 0 Å². The van der Waals surface area contributed by atoms with Gasteiger partial charge in [0.15, 0.2) is 0 Å². The monoisotopic (exact) mass is 311 g/mol. The number of aliphatic hydroxyl groups excluding tert-OH is 1. The Morgan fingerprint density at radius 2 is 2.22 bits per heavy atom. The zero-order chi connectivity index (χ0) is 13.7. The highest BCUT2D eigenvalue weighted by molar-refractivity contribution is 9.10. The van der Waals surface area contributed by atoms with E-state index < -0.39 is 0 Å². The quantitative estimate of drug-likeness (QED) is 0.849. The van der Waals surface area contributed by atoms with E-state index in [0.717, 1.165) is 15.7 Å². The minimum absolute atomic E-state index is 0.0956. The van der Waals surface area contributed by atoms with Gasteiger partial charge < -0.3 is 10.0 Å². The summed E-state index contributed by atoms with van der Waals surface area (Å²) in [5.41, 5.74) is 1.46. The molecule has 0 aromatic heterocycles. The summed E-state index contributed by atoms with van der Waals surface area (Å²) in [6.45, 7) is 8.11. The fraction of sp³-hybridized carbons (Fsp3) is 0.357. The number of anilines is 1. The number of rotatable bonds is 5. The van der Waals surface area contributed by atoms with Crippen LogP contribution in [0.25, 0.3) is 0 Å². The summed E-state index contributed by atoms with van der Waals surface area (Å²) in [4.78, 5) is 13.6. The molecule has 0 saturated heterocycles. The molecule has 0 aliphatic heterocycles. The number of benzene rings is 1. The standard InChI is InChI=1S/C14H18BrNO2/c1-4-14(18)16(8-10(2)3)13-7-12(15)6-5-11(13)9-17/h4-7,10,17H,1,8-9H2,2-3H3. The molecule has 1 rings (SSSR count). The number of carbonyl (C=O) groups excluding carboxylic acids is 1. The van der Waals surface area contributed by atoms with Crippen molar-refractivity contribution >= 4 is 27.5 Å². The van der Waals surface area contributed by atoms with E-state index in [2.05, 4.69) is 22.5 Å². The van der Waals surface area contributed by atoms with Crippen molar-refractivity contribution in [3.8, 4) is 0 Å². The van der Waals surface area contributed by atoms with Crippen LogP contribution in [0.15, 0.2) is 35.3 Å². The van der Waals surface area contributed by atoms with Crippen molar-refractivity contribution in [2.75, 3.05) is 11.4 Å². The Morgan fingerprint density at radius 3 is 2.72 bits per heavy atom. The van der Waals surface area contributed by atoms with Crippen LogP contribution >= 0.6 is 15.9 Å². The van der Waals surface area contributed by atoms with Gasteiger partial charge in [-0.15, -0.1) is 0 Å². The van der Waals surface area contributed by atoms with Crippen molar-refractivity contribution in [2.45, 2.75) is 20.5 Å². The molecule has 1 aromatic carbocycles. The first-order valence-corrected chi connectivity index (χ1v) is 6.62. The predicted octanol–water partition coefficient (Wildman–Crippen LogP) is 3.12. The van der Waals surface area contributed by atoms with E-state index in [-0.39, 0.29) is 12.5 Å². The Labute approximate surface area is 116 Å². The number of hydrogen-bond acceptors (Lipinski definition) is 2. The van der Waals surface area contributed by atoms with Crippen LogP contribution in [0, 0.1) is 5.92 Å². The Bertz CT molecular complexity index is 443. The summed E-state index contributed by atoms with van der Waals surface area (Å²) in [6, 6.07) is 5.50. The molecule has 1 aromatic rings. The van der Waals surface area contributed by atoms with Crippen molar-refractivity contribution < 1.29 is 9.90 Å². The van der Waals surface area contributed by atoms with Gasteiger partial charge in [-0.3, -0.25) is 4.79 Å². The van der Waals surface area contributed by atoms with E-state index in [4.69, 9.17) is 0 Å². The third-order valence-corrected chi connectivity index (χ3v) is 2.99. The van der Waals surface area contributed by atoms with Crippen LogP contribution in [0.4, 0.5) is 5.69 Å². The van der Waals surface area contributed by atoms with Gasteiger partial charge in [0.1, 0.15) is 0 Å². The first kappa shape index (κ1) is 14.9. The molecule has 0 unspecified atom stereocenters. The summed E-state index contributed by atoms with van der Waals surface area (Å²) >= 11 is 3.39. The van der Waals surface area contributed by atoms with Gasteiger partial charge >= 0.3 is 0 Å². The van der Waals surface area contributed by atoms with E-state index in [1.54, 1.807) is 4.90 Å². The number of carbonyl (C=O) groups is 1. The highest BCUT2D eigenvalue weighted by Gasteiger charge is 2.17. The van der Waals surface area contributed by atoms with E-state index in [0.29, 0.717) is 12.5 Å². The minimum Gasteiger partial charge on any atom is -0.392 e. The van der Waals surface area contributed by atoms with E-state index in [1.165, 1.54) is 6.08 Å². The molecule has 4 heteroatoms. The number of halogens is 1. The van der Waals surface area contributed by atoms with Crippen LogP contribution in [0.3, 0.4) is 0 Å². The maximum absolute atomic E-state index is 11.9. The summed E-state index contributed by atoms with van der Waals surface area (Å²) < 4.78 is 0.875. The third-order valence-electron chi connectivity index (χ3n) is 2.50. The van der Waals surface area contributed by atoms with Gasteiger partial charge in [-0.05, 0) is 24.1 Å². The van der Waals surface area contributed by atoms with Crippen molar-refractivity contribution in [3.05, 3.63) is 40.9 Å². The first-order chi connectivity index (χ1) is 8.49. The molecule has 0 heterocycles. The minimum atomic E-state index is -0.156. The Morgan fingerprint density at radius 1 is 1.56 bits per heavy atom. The number of nitrogens with zero attached hydrogens (tertiary/aromatic N) is 1. The topological polar surface area (TPSA) is 40.5 Å². The Hall–Kier alpha value is -1.13. The maximum Gasteiger partial charge on any atom is 0.250 e. The van der Waals surface area contributed by atoms with Gasteiger partial charge in [-0.25, -0.2) is 0 Å². The Balaban J connectivity index is 3.22. The second-order valence-electron chi connectivity index (χ2n) is 4.48. The predicted molar refractivity (Wildman–Crippen MR) is 77.5 cm³/mol. The lowest BCUT2D eigenvalue weighted by molar-refractivity contribution is -0.114. The molecule has 0 radical (unpaired) electrons. The molecule has 1 amide bonds. The zero-order valence-electron chi connectivity index (χ0n) is 10.7. The molecule has 0 bridgehead atoms. The smallest absolute Gasteiger partial charge is 0.250 e. The average Bonchev–Trinajstić information content (AvgIpc) is 2.34. The molecule has 0 aliphatic carbocycles. The SMILES string of the molecule is C=CC(=O)N(CC(C)C)c1cc(Br)ccc1CO. The molecule has 3 nitrogen and oxygen atoms in total. The van der Waals surface area contributed by atoms with Crippen LogP contribution in [0.1, 0.15) is 19.4 Å². The second kappa shape index (κ2) is 6.71. The summed E-state index contributed by atoms with van der Waals surface area (Å²) in [7, 11) is 0. The maximum atomic E-state index is 11.9. The molecule has 1 N–H and O–H groups in total. The largest absolute Gasteiger partial charge is 0.392 e. The zero-order valence-corrected chi connectivity index (χ0v) is 12.3. The van der Waals surface area contributed by atoms with Gasteiger partial charge in [-0.1, -0.05) is 42.4 Å². The normalized spacial score (nSPS) is 10.5. The second-order valence-corrected chi connectivity index (χ2v) is 5.39. The highest BCUT2D eigenvalue weighted by Crippen LogP contribution is 2.26. The fourth-order valence-electron chi connectivity index (χ4n) is 1.70. The summed E-state index contributed by atoms with van der Waals surface area (Å²) in [5, 5.41) is 9.37. The molecule has 0 spiro atoms. The molecule has 0 aliphatic rings. The van der Waals surface area contributed by atoms with Crippen molar-refractivity contribution in [3.63, 3.8) is 0 Å². The lowest BCUT2D eigenvalue weighted by Gasteiger charge is -2.25. The van der Waals surface area contributed by atoms with Gasteiger partial charge in [0.05, 0.1) is 12.3 Å². The van der Waals surface area contributed by atoms with E-state index in [1.807, 2.05) is 32.0 Å². The van der Waals surface area contributed by atoms with Gasteiger partial charge in [0.2, 0.25) is 5.91 Å². The van der Waals surface area contributed by atoms with Crippen LogP contribution in [-0.2, 0) is 11.4 Å². The summed E-state index contributed by atoms with van der Waals surface area (Å²) in [5.74, 6) is 0.177. The average molecular weight is 312 g/mol. The lowest BCUT2D eigenvalue weighted by Crippen LogP contribution is -2.33. The van der Waals surface area contributed by atoms with Crippen LogP contribution in [-0.4, -0.2) is 17.6 Å². The van der Waals surface area contributed by atoms with Crippen LogP contribution < -0.4 is 4.90 Å². The van der Waals surface area contributed by atoms with Crippen molar-refractivity contribution in [1.29, 1.82) is 0 Å². The highest BCUT2D eigenvalue weighted by atomic mass is 79.9. The summed E-state index contributed by atoms with van der Waals surface area (Å²) in [6.07, 6.45) is 1.30. The van der Waals surface area contributed by atoms with Gasteiger partial charge in [-0.2, -0.15) is 0 Å². The van der Waals surface area contributed by atoms with Crippen molar-refractivity contribution in [1.82, 2.24) is 0 Å². The molecule has 18 heavy (non-hydrogen) atoms. The Kier molecular flexibility index (Phi) is 5.56. The molecular weight excluding hydrogens is 294 g/mol. The molecule has 0 saturated carbocycles. The molecular formula is C14H18BrNO2. The first-order valence-electron chi connectivity index (χ1n) is 5.82. The van der Waals surface area contributed by atoms with Gasteiger partial charge in [0, 0.05) is 16.6 Å². The lowest BCUT2D eigenvalue weighted by atomic mass is 10.1. The third kappa shape index (κ3) is 3.68. The van der Waals surface area contributed by atoms with Crippen molar-refractivity contribution in [2.24, 2.45) is 5.92 Å². The molecule has 98 valence electrons. The number of hydrogen-bond donors (Lipinski definition) is 1. The van der Waals surface area contributed by atoms with E-state index in [9.17, 15) is 9.90 Å². The van der Waals surface area contributed by atoms with Crippen LogP contribution in [0.2, 0.25) is 0 Å². The molecule has 0 atom stereocenters. The van der Waals surface area contributed by atoms with Gasteiger partial charge in [0.25, 0.3) is 0 Å². The fourth-order valence-corrected chi connectivity index (χ4v) is 2.05. The molecule has 0 fully saturated rings.